The average molecular weight is 384 g/mol. The van der Waals surface area contributed by atoms with Crippen molar-refractivity contribution in [3.05, 3.63) is 46.6 Å². The quantitative estimate of drug-likeness (QED) is 0.635. The molecule has 2 aromatic heterocycles. The molecule has 23 heavy (non-hydrogen) atoms. The molecule has 3 aromatic rings. The highest BCUT2D eigenvalue weighted by molar-refractivity contribution is 8.02. The molecule has 1 aromatic carbocycles. The number of halogens is 2. The topological polar surface area (TPSA) is 54.9 Å². The van der Waals surface area contributed by atoms with Crippen molar-refractivity contribution in [1.29, 1.82) is 0 Å². The molecule has 0 spiro atoms. The van der Waals surface area contributed by atoms with Gasteiger partial charge in [0.2, 0.25) is 5.91 Å². The number of aromatic nitrogens is 2. The van der Waals surface area contributed by atoms with Gasteiger partial charge in [-0.2, -0.15) is 0 Å². The lowest BCUT2D eigenvalue weighted by molar-refractivity contribution is -0.115. The van der Waals surface area contributed by atoms with Crippen molar-refractivity contribution < 1.29 is 4.79 Å². The molecule has 3 rings (SSSR count). The molecule has 4 nitrogen and oxygen atoms in total. The summed E-state index contributed by atoms with van der Waals surface area (Å²) < 4.78 is 1.87. The molecule has 118 valence electrons. The number of carbonyl (C=O) groups excluding carboxylic acids is 1. The van der Waals surface area contributed by atoms with Gasteiger partial charge in [-0.3, -0.25) is 4.79 Å². The Bertz CT molecular complexity index is 852. The maximum atomic E-state index is 12.2. The second-order valence-electron chi connectivity index (χ2n) is 4.70. The first kappa shape index (κ1) is 16.5. The van der Waals surface area contributed by atoms with Gasteiger partial charge in [0.15, 0.2) is 4.34 Å². The number of nitrogens with one attached hydrogen (secondary N) is 1. The molecule has 1 unspecified atom stereocenters. The third-order valence-corrected chi connectivity index (χ3v) is 5.64. The highest BCUT2D eigenvalue weighted by atomic mass is 35.5. The number of hydrogen-bond donors (Lipinski definition) is 1. The zero-order chi connectivity index (χ0) is 16.4. The van der Waals surface area contributed by atoms with Crippen LogP contribution in [0.5, 0.6) is 0 Å². The van der Waals surface area contributed by atoms with Gasteiger partial charge in [-0.05, 0) is 37.3 Å². The Morgan fingerprint density at radius 3 is 2.78 bits per heavy atom. The van der Waals surface area contributed by atoms with Gasteiger partial charge < -0.3 is 5.32 Å². The number of carbonyl (C=O) groups is 1. The minimum Gasteiger partial charge on any atom is -0.310 e. The zero-order valence-corrected chi connectivity index (χ0v) is 15.1. The summed E-state index contributed by atoms with van der Waals surface area (Å²) >= 11 is 14.7. The van der Waals surface area contributed by atoms with Crippen molar-refractivity contribution in [2.24, 2.45) is 0 Å². The number of hydrogen-bond acceptors (Lipinski definition) is 5. The van der Waals surface area contributed by atoms with Crippen molar-refractivity contribution in [1.82, 2.24) is 9.97 Å². The fourth-order valence-electron chi connectivity index (χ4n) is 1.81. The SMILES string of the molecule is CC(Sc1nc2cc(Cl)ccc2s1)C(=O)Nc1ccc(Cl)cn1. The van der Waals surface area contributed by atoms with Crippen LogP contribution < -0.4 is 5.32 Å². The Morgan fingerprint density at radius 2 is 2.04 bits per heavy atom. The Morgan fingerprint density at radius 1 is 1.26 bits per heavy atom. The van der Waals surface area contributed by atoms with Gasteiger partial charge >= 0.3 is 0 Å². The Labute approximate surface area is 151 Å². The van der Waals surface area contributed by atoms with E-state index in [4.69, 9.17) is 23.2 Å². The van der Waals surface area contributed by atoms with Gasteiger partial charge in [0.25, 0.3) is 0 Å². The molecule has 0 bridgehead atoms. The smallest absolute Gasteiger partial charge is 0.238 e. The van der Waals surface area contributed by atoms with E-state index in [2.05, 4.69) is 15.3 Å². The molecule has 0 aliphatic heterocycles. The predicted molar refractivity (Wildman–Crippen MR) is 97.8 cm³/mol. The van der Waals surface area contributed by atoms with Crippen LogP contribution in [0.4, 0.5) is 5.82 Å². The van der Waals surface area contributed by atoms with Crippen molar-refractivity contribution in [3.8, 4) is 0 Å². The van der Waals surface area contributed by atoms with E-state index in [9.17, 15) is 4.79 Å². The van der Waals surface area contributed by atoms with E-state index in [-0.39, 0.29) is 11.2 Å². The highest BCUT2D eigenvalue weighted by Crippen LogP contribution is 2.33. The average Bonchev–Trinajstić information content (AvgIpc) is 2.90. The van der Waals surface area contributed by atoms with Gasteiger partial charge in [-0.1, -0.05) is 35.0 Å². The third-order valence-electron chi connectivity index (χ3n) is 2.96. The third kappa shape index (κ3) is 4.14. The van der Waals surface area contributed by atoms with Gasteiger partial charge in [0.05, 0.1) is 20.5 Å². The van der Waals surface area contributed by atoms with Crippen molar-refractivity contribution in [3.63, 3.8) is 0 Å². The first-order chi connectivity index (χ1) is 11.0. The normalized spacial score (nSPS) is 12.3. The van der Waals surface area contributed by atoms with Crippen LogP contribution >= 0.6 is 46.3 Å². The van der Waals surface area contributed by atoms with Crippen LogP contribution in [0.25, 0.3) is 10.2 Å². The Balaban J connectivity index is 1.68. The largest absolute Gasteiger partial charge is 0.310 e. The molecular weight excluding hydrogens is 373 g/mol. The van der Waals surface area contributed by atoms with Crippen molar-refractivity contribution in [2.45, 2.75) is 16.5 Å². The fourth-order valence-corrected chi connectivity index (χ4v) is 4.28. The summed E-state index contributed by atoms with van der Waals surface area (Å²) in [6.45, 7) is 1.83. The molecule has 1 N–H and O–H groups in total. The van der Waals surface area contributed by atoms with E-state index in [1.807, 2.05) is 25.1 Å². The summed E-state index contributed by atoms with van der Waals surface area (Å²) in [6, 6.07) is 8.93. The summed E-state index contributed by atoms with van der Waals surface area (Å²) in [5.74, 6) is 0.338. The molecule has 0 aliphatic carbocycles. The molecule has 0 fully saturated rings. The summed E-state index contributed by atoms with van der Waals surface area (Å²) in [5.41, 5.74) is 0.844. The summed E-state index contributed by atoms with van der Waals surface area (Å²) in [7, 11) is 0. The van der Waals surface area contributed by atoms with Crippen LogP contribution in [0, 0.1) is 0 Å². The van der Waals surface area contributed by atoms with E-state index in [0.29, 0.717) is 15.9 Å². The van der Waals surface area contributed by atoms with E-state index in [0.717, 1.165) is 14.6 Å². The van der Waals surface area contributed by atoms with E-state index < -0.39 is 0 Å². The molecule has 8 heteroatoms. The molecule has 1 atom stereocenters. The number of rotatable bonds is 4. The van der Waals surface area contributed by atoms with E-state index in [1.165, 1.54) is 18.0 Å². The first-order valence-corrected chi connectivity index (χ1v) is 9.11. The van der Waals surface area contributed by atoms with Crippen molar-refractivity contribution in [2.75, 3.05) is 5.32 Å². The molecule has 0 saturated carbocycles. The number of thioether (sulfide) groups is 1. The number of thiazole rings is 1. The van der Waals surface area contributed by atoms with Crippen LogP contribution in [-0.4, -0.2) is 21.1 Å². The van der Waals surface area contributed by atoms with Gasteiger partial charge in [-0.15, -0.1) is 11.3 Å². The minimum absolute atomic E-state index is 0.137. The number of anilines is 1. The second-order valence-corrected chi connectivity index (χ2v) is 8.19. The van der Waals surface area contributed by atoms with Crippen molar-refractivity contribution >= 4 is 68.2 Å². The van der Waals surface area contributed by atoms with E-state index >= 15 is 0 Å². The minimum atomic E-state index is -0.302. The maximum absolute atomic E-state index is 12.2. The van der Waals surface area contributed by atoms with Crippen LogP contribution in [0.3, 0.4) is 0 Å². The summed E-state index contributed by atoms with van der Waals surface area (Å²) in [5, 5.41) is 3.63. The molecule has 0 saturated heterocycles. The molecule has 0 radical (unpaired) electrons. The predicted octanol–water partition coefficient (Wildman–Crippen LogP) is 5.12. The molecule has 0 aliphatic rings. The molecule has 1 amide bonds. The van der Waals surface area contributed by atoms with Crippen LogP contribution in [-0.2, 0) is 4.79 Å². The van der Waals surface area contributed by atoms with Crippen LogP contribution in [0.15, 0.2) is 40.9 Å². The maximum Gasteiger partial charge on any atom is 0.238 e. The lowest BCUT2D eigenvalue weighted by atomic mass is 10.3. The lowest BCUT2D eigenvalue weighted by Gasteiger charge is -2.09. The van der Waals surface area contributed by atoms with Gasteiger partial charge in [-0.25, -0.2) is 9.97 Å². The lowest BCUT2D eigenvalue weighted by Crippen LogP contribution is -2.22. The van der Waals surface area contributed by atoms with Gasteiger partial charge in [0.1, 0.15) is 5.82 Å². The molecular formula is C15H11Cl2N3OS2. The van der Waals surface area contributed by atoms with Crippen LogP contribution in [0.1, 0.15) is 6.92 Å². The summed E-state index contributed by atoms with van der Waals surface area (Å²) in [4.78, 5) is 20.8. The number of fused-ring (bicyclic) bond motifs is 1. The van der Waals surface area contributed by atoms with Crippen LogP contribution in [0.2, 0.25) is 10.0 Å². The monoisotopic (exact) mass is 383 g/mol. The number of nitrogens with zero attached hydrogens (tertiary/aromatic N) is 2. The first-order valence-electron chi connectivity index (χ1n) is 6.66. The van der Waals surface area contributed by atoms with Gasteiger partial charge in [0, 0.05) is 11.2 Å². The standard InChI is InChI=1S/C15H11Cl2N3OS2/c1-8(14(21)20-13-5-3-10(17)7-18-13)22-15-19-11-6-9(16)2-4-12(11)23-15/h2-8H,1H3,(H,18,20,21). The number of benzene rings is 1. The Kier molecular flexibility index (Phi) is 5.06. The highest BCUT2D eigenvalue weighted by Gasteiger charge is 2.17. The zero-order valence-electron chi connectivity index (χ0n) is 11.9. The summed E-state index contributed by atoms with van der Waals surface area (Å²) in [6.07, 6.45) is 1.49. The second kappa shape index (κ2) is 7.05. The van der Waals surface area contributed by atoms with E-state index in [1.54, 1.807) is 23.5 Å². The molecule has 2 heterocycles. The number of amides is 1. The number of pyridine rings is 1. The fraction of sp³-hybridized carbons (Fsp3) is 0.133. The Hall–Kier alpha value is -1.34.